The van der Waals surface area contributed by atoms with Crippen LogP contribution in [-0.4, -0.2) is 28.3 Å². The van der Waals surface area contributed by atoms with E-state index < -0.39 is 0 Å². The van der Waals surface area contributed by atoms with E-state index >= 15 is 0 Å². The molecule has 0 saturated heterocycles. The first-order chi connectivity index (χ1) is 27.3. The second-order valence-corrected chi connectivity index (χ2v) is 16.9. The van der Waals surface area contributed by atoms with E-state index in [1.165, 1.54) is 33.7 Å². The Bertz CT molecular complexity index is 2330. The number of aliphatic imine (C=N–C) groups is 1. The van der Waals surface area contributed by atoms with Gasteiger partial charge in [0.1, 0.15) is 11.3 Å². The summed E-state index contributed by atoms with van der Waals surface area (Å²) < 4.78 is 6.31. The van der Waals surface area contributed by atoms with Gasteiger partial charge >= 0.3 is 0 Å². The molecule has 5 nitrogen and oxygen atoms in total. The number of aryl methyl sites for hydroxylation is 2. The fourth-order valence-electron chi connectivity index (χ4n) is 8.40. The maximum Gasteiger partial charge on any atom is 0.208 e. The zero-order valence-corrected chi connectivity index (χ0v) is 38.0. The third kappa shape index (κ3) is 10.2. The molecule has 1 aliphatic heterocycles. The molecular formula is C51H58BIrN2O3-. The molecule has 0 fully saturated rings. The molecular weight excluding hydrogens is 892 g/mol. The SMILES string of the molecule is CCC(CC)C(=O)/C=C(\O)C(CC)CC.Cc1cccc(C)c1B1c2ccccc2N=C2C=[C-]C(c3cc(-c4cc5cc(CC(C)(C)C)ccc5o4)ccn3)=CC12.[Ir]. The fourth-order valence-corrected chi connectivity index (χ4v) is 8.40. The van der Waals surface area contributed by atoms with Crippen molar-refractivity contribution in [1.82, 2.24) is 4.98 Å². The number of para-hydroxylation sites is 1. The van der Waals surface area contributed by atoms with E-state index in [1.807, 2.05) is 40.0 Å². The summed E-state index contributed by atoms with van der Waals surface area (Å²) in [5.41, 5.74) is 12.7. The molecule has 3 aromatic carbocycles. The van der Waals surface area contributed by atoms with E-state index in [0.717, 1.165) is 77.1 Å². The van der Waals surface area contributed by atoms with Gasteiger partial charge in [0, 0.05) is 60.9 Å². The molecule has 1 aliphatic carbocycles. The van der Waals surface area contributed by atoms with Gasteiger partial charge < -0.3 is 19.5 Å². The molecule has 1 unspecified atom stereocenters. The van der Waals surface area contributed by atoms with Crippen molar-refractivity contribution >= 4 is 51.4 Å². The zero-order chi connectivity index (χ0) is 40.9. The Labute approximate surface area is 360 Å². The molecule has 303 valence electrons. The molecule has 0 bridgehead atoms. The van der Waals surface area contributed by atoms with E-state index in [-0.39, 0.29) is 61.4 Å². The Kier molecular flexibility index (Phi) is 14.9. The minimum Gasteiger partial charge on any atom is -0.512 e. The van der Waals surface area contributed by atoms with Crippen LogP contribution < -0.4 is 10.9 Å². The first kappa shape index (κ1) is 44.5. The quantitative estimate of drug-likeness (QED) is 0.0619. The number of hydrogen-bond acceptors (Lipinski definition) is 5. The Morgan fingerprint density at radius 3 is 2.26 bits per heavy atom. The summed E-state index contributed by atoms with van der Waals surface area (Å²) in [6, 6.07) is 27.9. The van der Waals surface area contributed by atoms with E-state index in [0.29, 0.717) is 0 Å². The smallest absolute Gasteiger partial charge is 0.208 e. The van der Waals surface area contributed by atoms with E-state index in [9.17, 15) is 9.90 Å². The van der Waals surface area contributed by atoms with Gasteiger partial charge in [-0.1, -0.05) is 125 Å². The van der Waals surface area contributed by atoms with Gasteiger partial charge in [-0.3, -0.25) is 4.79 Å². The average Bonchev–Trinajstić information content (AvgIpc) is 3.62. The van der Waals surface area contributed by atoms with Gasteiger partial charge in [-0.25, -0.2) is 0 Å². The predicted octanol–water partition coefficient (Wildman–Crippen LogP) is 12.1. The molecule has 1 radical (unpaired) electrons. The van der Waals surface area contributed by atoms with Crippen molar-refractivity contribution in [3.63, 3.8) is 0 Å². The van der Waals surface area contributed by atoms with E-state index in [2.05, 4.69) is 126 Å². The number of fused-ring (bicyclic) bond motifs is 3. The van der Waals surface area contributed by atoms with Gasteiger partial charge in [0.2, 0.25) is 6.71 Å². The molecule has 7 heteroatoms. The number of hydrogen-bond donors (Lipinski definition) is 1. The van der Waals surface area contributed by atoms with Crippen LogP contribution in [0.4, 0.5) is 5.69 Å². The van der Waals surface area contributed by atoms with Crippen LogP contribution in [-0.2, 0) is 31.3 Å². The van der Waals surface area contributed by atoms with Gasteiger partial charge in [0.05, 0.1) is 5.76 Å². The molecule has 3 heterocycles. The van der Waals surface area contributed by atoms with Gasteiger partial charge in [0.25, 0.3) is 0 Å². The van der Waals surface area contributed by atoms with Crippen molar-refractivity contribution in [3.05, 3.63) is 138 Å². The number of allylic oxidation sites excluding steroid dienone is 6. The summed E-state index contributed by atoms with van der Waals surface area (Å²) in [5, 5.41) is 10.9. The van der Waals surface area contributed by atoms with Gasteiger partial charge in [0.15, 0.2) is 5.78 Å². The summed E-state index contributed by atoms with van der Waals surface area (Å²) in [4.78, 5) is 21.6. The first-order valence-corrected chi connectivity index (χ1v) is 20.8. The van der Waals surface area contributed by atoms with Crippen LogP contribution in [0.3, 0.4) is 0 Å². The van der Waals surface area contributed by atoms with Crippen LogP contribution in [0.25, 0.3) is 27.9 Å². The molecule has 2 aromatic heterocycles. The topological polar surface area (TPSA) is 75.7 Å². The predicted molar refractivity (Wildman–Crippen MR) is 240 cm³/mol. The number of benzene rings is 3. The van der Waals surface area contributed by atoms with Gasteiger partial charge in [-0.15, -0.1) is 17.7 Å². The van der Waals surface area contributed by atoms with Crippen LogP contribution in [0.1, 0.15) is 96.5 Å². The number of ketones is 1. The minimum absolute atomic E-state index is 0. The van der Waals surface area contributed by atoms with Crippen molar-refractivity contribution in [2.45, 2.75) is 100 Å². The van der Waals surface area contributed by atoms with Crippen LogP contribution in [0.2, 0.25) is 5.82 Å². The third-order valence-corrected chi connectivity index (χ3v) is 11.5. The Hall–Kier alpha value is -4.58. The van der Waals surface area contributed by atoms with Crippen LogP contribution in [0.15, 0.2) is 118 Å². The summed E-state index contributed by atoms with van der Waals surface area (Å²) in [7, 11) is 0. The standard InChI is InChI=1S/C38H34BN2O.C13H24O2.Ir/c1-24-9-8-10-25(2)37(24)39-30-11-6-7-12-32(30)41-33-15-14-27(20-31(33)39)34-21-28(17-18-40-34)36-22-29-19-26(23-38(3,4)5)13-16-35(29)42-36;1-5-10(6-2)12(14)9-13(15)11(7-3)8-4;/h6-13,15-22,31H,23H2,1-5H3;9-11,14H,5-8H2,1-4H3;/q-1;;/b;12-9-;. The largest absolute Gasteiger partial charge is 0.512 e. The molecule has 1 atom stereocenters. The monoisotopic (exact) mass is 950 g/mol. The van der Waals surface area contributed by atoms with Gasteiger partial charge in [-0.2, -0.15) is 6.08 Å². The maximum atomic E-state index is 11.7. The zero-order valence-electron chi connectivity index (χ0n) is 35.7. The molecule has 7 rings (SSSR count). The average molecular weight is 950 g/mol. The molecule has 58 heavy (non-hydrogen) atoms. The molecule has 2 aliphatic rings. The van der Waals surface area contributed by atoms with Crippen LogP contribution in [0, 0.1) is 37.2 Å². The minimum atomic E-state index is 0. The van der Waals surface area contributed by atoms with Crippen molar-refractivity contribution in [2.75, 3.05) is 0 Å². The summed E-state index contributed by atoms with van der Waals surface area (Å²) in [6.45, 7) is 19.5. The third-order valence-electron chi connectivity index (χ3n) is 11.5. The second kappa shape index (κ2) is 19.5. The molecule has 0 spiro atoms. The second-order valence-electron chi connectivity index (χ2n) is 16.9. The van der Waals surface area contributed by atoms with Crippen LogP contribution in [0.5, 0.6) is 0 Å². The number of pyridine rings is 1. The Morgan fingerprint density at radius 2 is 1.59 bits per heavy atom. The van der Waals surface area contributed by atoms with E-state index in [1.54, 1.807) is 0 Å². The fraction of sp³-hybridized carbons (Fsp3) is 0.353. The number of carbonyl (C=O) groups is 1. The number of rotatable bonds is 11. The van der Waals surface area contributed by atoms with Crippen LogP contribution >= 0.6 is 0 Å². The number of aromatic nitrogens is 1. The van der Waals surface area contributed by atoms with Crippen molar-refractivity contribution in [2.24, 2.45) is 22.2 Å². The Morgan fingerprint density at radius 1 is 0.897 bits per heavy atom. The van der Waals surface area contributed by atoms with Gasteiger partial charge in [-0.05, 0) is 98.7 Å². The summed E-state index contributed by atoms with van der Waals surface area (Å²) in [5.74, 6) is 1.49. The maximum absolute atomic E-state index is 11.7. The normalized spacial score (nSPS) is 15.0. The number of furan rings is 1. The van der Waals surface area contributed by atoms with Crippen molar-refractivity contribution < 1.29 is 34.4 Å². The molecule has 1 N–H and O–H groups in total. The molecule has 5 aromatic rings. The number of carbonyl (C=O) groups excluding carboxylic acids is 1. The number of aliphatic hydroxyl groups excluding tert-OH is 1. The molecule has 0 amide bonds. The van der Waals surface area contributed by atoms with Crippen molar-refractivity contribution in [1.29, 1.82) is 0 Å². The molecule has 0 saturated carbocycles. The number of nitrogens with zero attached hydrogens (tertiary/aromatic N) is 2. The van der Waals surface area contributed by atoms with E-state index in [4.69, 9.17) is 14.4 Å². The summed E-state index contributed by atoms with van der Waals surface area (Å²) in [6.07, 6.45) is 15.7. The Balaban J connectivity index is 0.000000344. The number of aliphatic hydroxyl groups is 1. The summed E-state index contributed by atoms with van der Waals surface area (Å²) >= 11 is 0. The van der Waals surface area contributed by atoms with Crippen molar-refractivity contribution in [3.8, 4) is 11.3 Å². The first-order valence-electron chi connectivity index (χ1n) is 20.8.